The minimum absolute atomic E-state index is 0.0625. The van der Waals surface area contributed by atoms with Gasteiger partial charge in [-0.15, -0.1) is 5.10 Å². The van der Waals surface area contributed by atoms with Crippen molar-refractivity contribution in [3.63, 3.8) is 0 Å². The average Bonchev–Trinajstić information content (AvgIpc) is 3.32. The third kappa shape index (κ3) is 3.35. The van der Waals surface area contributed by atoms with E-state index in [-0.39, 0.29) is 24.1 Å². The molecule has 4 rings (SSSR count). The maximum absolute atomic E-state index is 12.9. The predicted octanol–water partition coefficient (Wildman–Crippen LogP) is 3.24. The van der Waals surface area contributed by atoms with Crippen LogP contribution < -0.4 is 5.32 Å². The Balaban J connectivity index is 1.51. The van der Waals surface area contributed by atoms with E-state index in [0.29, 0.717) is 28.8 Å². The first-order chi connectivity index (χ1) is 13.1. The first-order valence-corrected chi connectivity index (χ1v) is 9.73. The number of fused-ring (bicyclic) bond motifs is 3. The minimum atomic E-state index is -4.64. The molecule has 0 radical (unpaired) electrons. The zero-order valence-corrected chi connectivity index (χ0v) is 16.2. The van der Waals surface area contributed by atoms with Crippen LogP contribution >= 0.6 is 0 Å². The van der Waals surface area contributed by atoms with Crippen LogP contribution in [-0.4, -0.2) is 31.5 Å². The number of aryl methyl sites for hydroxylation is 2. The highest BCUT2D eigenvalue weighted by Gasteiger charge is 2.42. The summed E-state index contributed by atoms with van der Waals surface area (Å²) in [6.07, 6.45) is 0.439. The van der Waals surface area contributed by atoms with Crippen LogP contribution in [-0.2, 0) is 17.4 Å². The molecule has 1 N–H and O–H groups in total. The Hall–Kier alpha value is -2.19. The normalized spacial score (nSPS) is 25.4. The molecule has 9 heteroatoms. The van der Waals surface area contributed by atoms with Crippen molar-refractivity contribution in [2.24, 2.45) is 17.8 Å². The molecule has 2 aliphatic rings. The van der Waals surface area contributed by atoms with E-state index in [9.17, 15) is 18.0 Å². The molecule has 0 aliphatic heterocycles. The van der Waals surface area contributed by atoms with Gasteiger partial charge in [-0.05, 0) is 57.8 Å². The lowest BCUT2D eigenvalue weighted by Gasteiger charge is -2.28. The molecule has 0 saturated heterocycles. The van der Waals surface area contributed by atoms with Crippen LogP contribution in [0.15, 0.2) is 0 Å². The van der Waals surface area contributed by atoms with Gasteiger partial charge in [0.05, 0.1) is 6.42 Å². The third-order valence-electron chi connectivity index (χ3n) is 6.46. The molecule has 152 valence electrons. The maximum Gasteiger partial charge on any atom is 0.453 e. The summed E-state index contributed by atoms with van der Waals surface area (Å²) in [5.41, 5.74) is 1.53. The minimum Gasteiger partial charge on any atom is -0.353 e. The molecular formula is C19H24F3N5O. The summed E-state index contributed by atoms with van der Waals surface area (Å²) in [7, 11) is 0. The van der Waals surface area contributed by atoms with Gasteiger partial charge in [0, 0.05) is 23.0 Å². The van der Waals surface area contributed by atoms with Crippen molar-refractivity contribution in [2.45, 2.75) is 65.1 Å². The molecule has 28 heavy (non-hydrogen) atoms. The molecule has 6 nitrogen and oxygen atoms in total. The molecule has 0 unspecified atom stereocenters. The summed E-state index contributed by atoms with van der Waals surface area (Å²) in [6.45, 7) is 5.37. The quantitative estimate of drug-likeness (QED) is 0.863. The smallest absolute Gasteiger partial charge is 0.353 e. The second-order valence-electron chi connectivity index (χ2n) is 8.28. The molecule has 0 aromatic carbocycles. The van der Waals surface area contributed by atoms with Gasteiger partial charge in [0.25, 0.3) is 11.6 Å². The number of amides is 1. The predicted molar refractivity (Wildman–Crippen MR) is 95.5 cm³/mol. The highest BCUT2D eigenvalue weighted by atomic mass is 19.4. The molecule has 2 heterocycles. The Labute approximate surface area is 160 Å². The molecule has 2 fully saturated rings. The van der Waals surface area contributed by atoms with E-state index in [1.807, 2.05) is 0 Å². The second-order valence-corrected chi connectivity index (χ2v) is 8.28. The molecular weight excluding hydrogens is 371 g/mol. The summed E-state index contributed by atoms with van der Waals surface area (Å²) in [6, 6.07) is 0.100. The van der Waals surface area contributed by atoms with Crippen molar-refractivity contribution >= 4 is 11.7 Å². The first-order valence-electron chi connectivity index (χ1n) is 9.73. The van der Waals surface area contributed by atoms with E-state index >= 15 is 0 Å². The van der Waals surface area contributed by atoms with E-state index in [0.717, 1.165) is 10.4 Å². The lowest BCUT2D eigenvalue weighted by Crippen LogP contribution is -2.41. The standard InChI is InChI=1S/C19H24F3N5O/c1-9-14(11(3)27-18(24-9)25-17(26-27)19(20,21)22)8-16(28)23-10(2)15-7-12-4-5-13(15)6-12/h10,12-13,15H,4-8H2,1-3H3,(H,23,28)/t10-,12+,13+,15+/m1/s1. The Morgan fingerprint density at radius 1 is 1.25 bits per heavy atom. The molecule has 0 spiro atoms. The van der Waals surface area contributed by atoms with Gasteiger partial charge >= 0.3 is 6.18 Å². The summed E-state index contributed by atoms with van der Waals surface area (Å²) >= 11 is 0. The van der Waals surface area contributed by atoms with Gasteiger partial charge in [-0.1, -0.05) is 6.42 Å². The molecule has 2 bridgehead atoms. The van der Waals surface area contributed by atoms with E-state index in [4.69, 9.17) is 0 Å². The fourth-order valence-corrected chi connectivity index (χ4v) is 5.06. The van der Waals surface area contributed by atoms with Crippen molar-refractivity contribution in [2.75, 3.05) is 0 Å². The summed E-state index contributed by atoms with van der Waals surface area (Å²) in [4.78, 5) is 20.2. The van der Waals surface area contributed by atoms with Crippen LogP contribution in [0.1, 0.15) is 55.4 Å². The Morgan fingerprint density at radius 2 is 2.00 bits per heavy atom. The van der Waals surface area contributed by atoms with Gasteiger partial charge in [-0.2, -0.15) is 18.2 Å². The van der Waals surface area contributed by atoms with Crippen LogP contribution in [0, 0.1) is 31.6 Å². The Kier molecular flexibility index (Phi) is 4.58. The zero-order chi connectivity index (χ0) is 20.2. The molecule has 2 aromatic rings. The van der Waals surface area contributed by atoms with Gasteiger partial charge in [0.1, 0.15) is 0 Å². The van der Waals surface area contributed by atoms with Crippen LogP contribution in [0.4, 0.5) is 13.2 Å². The molecule has 2 saturated carbocycles. The van der Waals surface area contributed by atoms with E-state index in [2.05, 4.69) is 27.3 Å². The number of alkyl halides is 3. The highest BCUT2D eigenvalue weighted by Crippen LogP contribution is 2.49. The molecule has 4 atom stereocenters. The summed E-state index contributed by atoms with van der Waals surface area (Å²) in [5.74, 6) is 0.558. The summed E-state index contributed by atoms with van der Waals surface area (Å²) in [5, 5.41) is 6.62. The maximum atomic E-state index is 12.9. The number of carbonyl (C=O) groups is 1. The largest absolute Gasteiger partial charge is 0.453 e. The third-order valence-corrected chi connectivity index (χ3v) is 6.46. The van der Waals surface area contributed by atoms with Crippen molar-refractivity contribution in [3.8, 4) is 0 Å². The lowest BCUT2D eigenvalue weighted by atomic mass is 9.84. The van der Waals surface area contributed by atoms with Gasteiger partial charge in [-0.3, -0.25) is 4.79 Å². The van der Waals surface area contributed by atoms with Crippen LogP contribution in [0.5, 0.6) is 0 Å². The number of nitrogens with zero attached hydrogens (tertiary/aromatic N) is 4. The Bertz CT molecular complexity index is 922. The molecule has 2 aliphatic carbocycles. The number of aromatic nitrogens is 4. The topological polar surface area (TPSA) is 72.2 Å². The number of rotatable bonds is 4. The SMILES string of the molecule is Cc1nc2nc(C(F)(F)F)nn2c(C)c1CC(=O)N[C@H](C)[C@@H]1C[C@H]2CC[C@H]1C2. The monoisotopic (exact) mass is 395 g/mol. The molecule has 2 aromatic heterocycles. The summed E-state index contributed by atoms with van der Waals surface area (Å²) < 4.78 is 39.7. The van der Waals surface area contributed by atoms with Crippen molar-refractivity contribution in [1.29, 1.82) is 0 Å². The van der Waals surface area contributed by atoms with Gasteiger partial charge in [0.2, 0.25) is 5.91 Å². The van der Waals surface area contributed by atoms with Gasteiger partial charge in [0.15, 0.2) is 0 Å². The average molecular weight is 395 g/mol. The van der Waals surface area contributed by atoms with Crippen molar-refractivity contribution in [3.05, 3.63) is 22.8 Å². The number of carbonyl (C=O) groups excluding carboxylic acids is 1. The fraction of sp³-hybridized carbons (Fsp3) is 0.684. The first kappa shape index (κ1) is 19.1. The number of halogens is 3. The fourth-order valence-electron chi connectivity index (χ4n) is 5.06. The molecule has 1 amide bonds. The number of hydrogen-bond acceptors (Lipinski definition) is 4. The van der Waals surface area contributed by atoms with E-state index < -0.39 is 12.0 Å². The van der Waals surface area contributed by atoms with Gasteiger partial charge < -0.3 is 5.32 Å². The lowest BCUT2D eigenvalue weighted by molar-refractivity contribution is -0.144. The zero-order valence-electron chi connectivity index (χ0n) is 16.2. The number of hydrogen-bond donors (Lipinski definition) is 1. The highest BCUT2D eigenvalue weighted by molar-refractivity contribution is 5.79. The van der Waals surface area contributed by atoms with Crippen LogP contribution in [0.25, 0.3) is 5.78 Å². The van der Waals surface area contributed by atoms with Crippen molar-refractivity contribution in [1.82, 2.24) is 24.9 Å². The van der Waals surface area contributed by atoms with Crippen molar-refractivity contribution < 1.29 is 18.0 Å². The number of nitrogens with one attached hydrogen (secondary N) is 1. The van der Waals surface area contributed by atoms with Crippen LogP contribution in [0.2, 0.25) is 0 Å². The second kappa shape index (κ2) is 6.70. The Morgan fingerprint density at radius 3 is 2.61 bits per heavy atom. The van der Waals surface area contributed by atoms with Crippen LogP contribution in [0.3, 0.4) is 0 Å². The van der Waals surface area contributed by atoms with E-state index in [1.165, 1.54) is 25.7 Å². The van der Waals surface area contributed by atoms with Gasteiger partial charge in [-0.25, -0.2) is 9.50 Å². The van der Waals surface area contributed by atoms with E-state index in [1.54, 1.807) is 13.8 Å².